The first-order chi connectivity index (χ1) is 9.24. The molecule has 0 atom stereocenters. The molecule has 0 unspecified atom stereocenters. The molecule has 0 spiro atoms. The van der Waals surface area contributed by atoms with Crippen LogP contribution >= 0.6 is 11.6 Å². The molecule has 2 rings (SSSR count). The minimum atomic E-state index is 0.0356. The monoisotopic (exact) mass is 281 g/mol. The van der Waals surface area contributed by atoms with Crippen LogP contribution in [0.1, 0.15) is 44.6 Å². The van der Waals surface area contributed by atoms with Crippen molar-refractivity contribution in [2.24, 2.45) is 0 Å². The highest BCUT2D eigenvalue weighted by Crippen LogP contribution is 2.32. The molecular weight excluding hydrogens is 258 g/mol. The fourth-order valence-electron chi connectivity index (χ4n) is 2.74. The Hall–Kier alpha value is -0.570. The number of benzene rings is 1. The van der Waals surface area contributed by atoms with Gasteiger partial charge in [-0.05, 0) is 37.1 Å². The van der Waals surface area contributed by atoms with Crippen LogP contribution in [0, 0.1) is 0 Å². The second kappa shape index (κ2) is 7.28. The number of halogens is 1. The van der Waals surface area contributed by atoms with Crippen LogP contribution in [-0.2, 0) is 11.3 Å². The van der Waals surface area contributed by atoms with Crippen molar-refractivity contribution in [2.75, 3.05) is 13.1 Å². The highest BCUT2D eigenvalue weighted by molar-refractivity contribution is 6.30. The maximum atomic E-state index is 6.29. The molecule has 1 aromatic carbocycles. The van der Waals surface area contributed by atoms with E-state index in [1.54, 1.807) is 0 Å². The third kappa shape index (κ3) is 4.48. The third-order valence-corrected chi connectivity index (χ3v) is 4.17. The Balaban J connectivity index is 1.93. The van der Waals surface area contributed by atoms with Crippen LogP contribution in [0.4, 0.5) is 0 Å². The molecule has 1 fully saturated rings. The SMILES string of the molecule is CCNCC1(OCc2ccc(Cl)cc2)CCCCC1. The Morgan fingerprint density at radius 2 is 1.84 bits per heavy atom. The van der Waals surface area contributed by atoms with E-state index in [2.05, 4.69) is 12.2 Å². The lowest BCUT2D eigenvalue weighted by molar-refractivity contribution is -0.0782. The Labute approximate surface area is 121 Å². The molecule has 1 aliphatic carbocycles. The first-order valence-corrected chi connectivity index (χ1v) is 7.71. The number of rotatable bonds is 6. The number of likely N-dealkylation sites (N-methyl/N-ethyl adjacent to an activating group) is 1. The zero-order chi connectivity index (χ0) is 13.6. The van der Waals surface area contributed by atoms with E-state index in [4.69, 9.17) is 16.3 Å². The van der Waals surface area contributed by atoms with Crippen molar-refractivity contribution in [2.45, 2.75) is 51.2 Å². The molecule has 1 aromatic rings. The molecule has 1 N–H and O–H groups in total. The van der Waals surface area contributed by atoms with Crippen LogP contribution in [0.3, 0.4) is 0 Å². The van der Waals surface area contributed by atoms with E-state index < -0.39 is 0 Å². The third-order valence-electron chi connectivity index (χ3n) is 3.92. The van der Waals surface area contributed by atoms with Gasteiger partial charge < -0.3 is 10.1 Å². The molecule has 2 nitrogen and oxygen atoms in total. The van der Waals surface area contributed by atoms with Gasteiger partial charge in [0.25, 0.3) is 0 Å². The first kappa shape index (κ1) is 14.8. The number of hydrogen-bond donors (Lipinski definition) is 1. The summed E-state index contributed by atoms with van der Waals surface area (Å²) in [7, 11) is 0. The molecular formula is C16H24ClNO. The summed E-state index contributed by atoms with van der Waals surface area (Å²) < 4.78 is 6.29. The lowest BCUT2D eigenvalue weighted by atomic mass is 9.84. The fraction of sp³-hybridized carbons (Fsp3) is 0.625. The van der Waals surface area contributed by atoms with Gasteiger partial charge in [-0.2, -0.15) is 0 Å². The van der Waals surface area contributed by atoms with Crippen molar-refractivity contribution >= 4 is 11.6 Å². The van der Waals surface area contributed by atoms with E-state index in [1.807, 2.05) is 24.3 Å². The molecule has 0 radical (unpaired) electrons. The normalized spacial score (nSPS) is 18.4. The molecule has 0 bridgehead atoms. The summed E-state index contributed by atoms with van der Waals surface area (Å²) in [6.07, 6.45) is 6.26. The Morgan fingerprint density at radius 1 is 1.16 bits per heavy atom. The molecule has 0 amide bonds. The highest BCUT2D eigenvalue weighted by atomic mass is 35.5. The van der Waals surface area contributed by atoms with E-state index in [-0.39, 0.29) is 5.60 Å². The molecule has 106 valence electrons. The minimum Gasteiger partial charge on any atom is -0.369 e. The highest BCUT2D eigenvalue weighted by Gasteiger charge is 2.32. The maximum absolute atomic E-state index is 6.29. The van der Waals surface area contributed by atoms with Crippen LogP contribution in [0.15, 0.2) is 24.3 Å². The molecule has 0 aliphatic heterocycles. The van der Waals surface area contributed by atoms with Gasteiger partial charge in [0, 0.05) is 11.6 Å². The van der Waals surface area contributed by atoms with Crippen molar-refractivity contribution in [3.63, 3.8) is 0 Å². The van der Waals surface area contributed by atoms with Crippen LogP contribution in [0.25, 0.3) is 0 Å². The molecule has 0 heterocycles. The predicted molar refractivity (Wildman–Crippen MR) is 80.6 cm³/mol. The summed E-state index contributed by atoms with van der Waals surface area (Å²) in [6.45, 7) is 4.81. The van der Waals surface area contributed by atoms with Gasteiger partial charge in [0.05, 0.1) is 12.2 Å². The number of nitrogens with one attached hydrogen (secondary N) is 1. The summed E-state index contributed by atoms with van der Waals surface area (Å²) in [6, 6.07) is 7.95. The number of ether oxygens (including phenoxy) is 1. The van der Waals surface area contributed by atoms with E-state index in [1.165, 1.54) is 37.7 Å². The lowest BCUT2D eigenvalue weighted by Gasteiger charge is -2.37. The van der Waals surface area contributed by atoms with E-state index in [0.717, 1.165) is 18.1 Å². The average Bonchev–Trinajstić information content (AvgIpc) is 2.46. The Morgan fingerprint density at radius 3 is 2.47 bits per heavy atom. The largest absolute Gasteiger partial charge is 0.369 e. The summed E-state index contributed by atoms with van der Waals surface area (Å²) in [5, 5.41) is 4.24. The molecule has 19 heavy (non-hydrogen) atoms. The quantitative estimate of drug-likeness (QED) is 0.845. The molecule has 1 saturated carbocycles. The maximum Gasteiger partial charge on any atom is 0.0810 e. The second-order valence-electron chi connectivity index (χ2n) is 5.44. The molecule has 0 aromatic heterocycles. The molecule has 3 heteroatoms. The van der Waals surface area contributed by atoms with Gasteiger partial charge in [0.1, 0.15) is 0 Å². The zero-order valence-corrected chi connectivity index (χ0v) is 12.5. The topological polar surface area (TPSA) is 21.3 Å². The van der Waals surface area contributed by atoms with Crippen molar-refractivity contribution in [1.29, 1.82) is 0 Å². The smallest absolute Gasteiger partial charge is 0.0810 e. The Kier molecular flexibility index (Phi) is 5.68. The molecule has 1 aliphatic rings. The predicted octanol–water partition coefficient (Wildman–Crippen LogP) is 4.17. The van der Waals surface area contributed by atoms with Crippen molar-refractivity contribution in [3.05, 3.63) is 34.9 Å². The summed E-state index contributed by atoms with van der Waals surface area (Å²) >= 11 is 5.91. The first-order valence-electron chi connectivity index (χ1n) is 7.33. The van der Waals surface area contributed by atoms with Gasteiger partial charge in [-0.1, -0.05) is 49.9 Å². The van der Waals surface area contributed by atoms with Gasteiger partial charge in [-0.25, -0.2) is 0 Å². The van der Waals surface area contributed by atoms with Crippen LogP contribution in [0.5, 0.6) is 0 Å². The van der Waals surface area contributed by atoms with Crippen molar-refractivity contribution < 1.29 is 4.74 Å². The fourth-order valence-corrected chi connectivity index (χ4v) is 2.86. The minimum absolute atomic E-state index is 0.0356. The standard InChI is InChI=1S/C16H24ClNO/c1-2-18-13-16(10-4-3-5-11-16)19-12-14-6-8-15(17)9-7-14/h6-9,18H,2-5,10-13H2,1H3. The number of hydrogen-bond acceptors (Lipinski definition) is 2. The molecule has 0 saturated heterocycles. The van der Waals surface area contributed by atoms with Crippen molar-refractivity contribution in [3.8, 4) is 0 Å². The van der Waals surface area contributed by atoms with Gasteiger partial charge in [-0.15, -0.1) is 0 Å². The zero-order valence-electron chi connectivity index (χ0n) is 11.8. The van der Waals surface area contributed by atoms with Gasteiger partial charge in [-0.3, -0.25) is 0 Å². The Bertz CT molecular complexity index is 371. The van der Waals surface area contributed by atoms with E-state index in [0.29, 0.717) is 6.61 Å². The van der Waals surface area contributed by atoms with E-state index in [9.17, 15) is 0 Å². The van der Waals surface area contributed by atoms with Gasteiger partial charge in [0.15, 0.2) is 0 Å². The summed E-state index contributed by atoms with van der Waals surface area (Å²) in [5.74, 6) is 0. The van der Waals surface area contributed by atoms with E-state index >= 15 is 0 Å². The van der Waals surface area contributed by atoms with Gasteiger partial charge in [0.2, 0.25) is 0 Å². The summed E-state index contributed by atoms with van der Waals surface area (Å²) in [4.78, 5) is 0. The second-order valence-corrected chi connectivity index (χ2v) is 5.88. The van der Waals surface area contributed by atoms with Crippen molar-refractivity contribution in [1.82, 2.24) is 5.32 Å². The average molecular weight is 282 g/mol. The lowest BCUT2D eigenvalue weighted by Crippen LogP contribution is -2.44. The van der Waals surface area contributed by atoms with Crippen LogP contribution < -0.4 is 5.32 Å². The van der Waals surface area contributed by atoms with Gasteiger partial charge >= 0.3 is 0 Å². The van der Waals surface area contributed by atoms with Crippen LogP contribution in [0.2, 0.25) is 5.02 Å². The van der Waals surface area contributed by atoms with Crippen LogP contribution in [-0.4, -0.2) is 18.7 Å². The summed E-state index contributed by atoms with van der Waals surface area (Å²) in [5.41, 5.74) is 1.24.